The Kier molecular flexibility index (Phi) is 1.76. The van der Waals surface area contributed by atoms with Gasteiger partial charge >= 0.3 is 11.9 Å². The smallest absolute Gasteiger partial charge is 0.310 e. The van der Waals surface area contributed by atoms with Gasteiger partial charge in [-0.2, -0.15) is 0 Å². The number of hydrogen-bond acceptors (Lipinski definition) is 3. The lowest BCUT2D eigenvalue weighted by molar-refractivity contribution is -0.154. The number of rotatable bonds is 2. The van der Waals surface area contributed by atoms with E-state index in [1.54, 1.807) is 0 Å². The van der Waals surface area contributed by atoms with E-state index in [-0.39, 0.29) is 12.2 Å². The number of hydrogen-bond donors (Lipinski definition) is 2. The highest BCUT2D eigenvalue weighted by atomic mass is 16.5. The van der Waals surface area contributed by atoms with Crippen LogP contribution in [0.2, 0.25) is 0 Å². The van der Waals surface area contributed by atoms with Gasteiger partial charge in [-0.25, -0.2) is 0 Å². The van der Waals surface area contributed by atoms with E-state index in [4.69, 9.17) is 14.9 Å². The zero-order chi connectivity index (χ0) is 9.59. The average molecular weight is 186 g/mol. The molecule has 4 atom stereocenters. The fourth-order valence-electron chi connectivity index (χ4n) is 2.31. The maximum absolute atomic E-state index is 10.8. The maximum Gasteiger partial charge on any atom is 0.310 e. The van der Waals surface area contributed by atoms with Crippen LogP contribution in [0.15, 0.2) is 0 Å². The molecule has 0 saturated carbocycles. The van der Waals surface area contributed by atoms with Crippen LogP contribution in [0.25, 0.3) is 0 Å². The highest BCUT2D eigenvalue weighted by Crippen LogP contribution is 2.43. The Hall–Kier alpha value is -1.10. The first kappa shape index (κ1) is 8.50. The molecule has 2 aliphatic heterocycles. The monoisotopic (exact) mass is 186 g/mol. The van der Waals surface area contributed by atoms with Crippen LogP contribution in [0.4, 0.5) is 0 Å². The lowest BCUT2D eigenvalue weighted by atomic mass is 9.79. The predicted molar refractivity (Wildman–Crippen MR) is 40.1 cm³/mol. The van der Waals surface area contributed by atoms with Crippen LogP contribution in [0.1, 0.15) is 12.8 Å². The lowest BCUT2D eigenvalue weighted by Crippen LogP contribution is -2.38. The number of carboxylic acid groups (broad SMARTS) is 2. The van der Waals surface area contributed by atoms with Crippen LogP contribution >= 0.6 is 0 Å². The standard InChI is InChI=1S/C8H10O5/c9-7(10)5-3-1-2-4(13-3)6(5)8(11)12/h3-6H,1-2H2,(H,9,10)(H,11,12)/t3-,4-,5-,6-/m1/s1. The molecule has 0 amide bonds. The highest BCUT2D eigenvalue weighted by molar-refractivity contribution is 5.82. The molecule has 2 bridgehead atoms. The van der Waals surface area contributed by atoms with Gasteiger partial charge in [0.25, 0.3) is 0 Å². The van der Waals surface area contributed by atoms with Crippen molar-refractivity contribution in [2.75, 3.05) is 0 Å². The molecule has 0 aromatic carbocycles. The van der Waals surface area contributed by atoms with Crippen molar-refractivity contribution in [2.24, 2.45) is 11.8 Å². The summed E-state index contributed by atoms with van der Waals surface area (Å²) in [6.07, 6.45) is 0.573. The molecule has 0 radical (unpaired) electrons. The van der Waals surface area contributed by atoms with Gasteiger partial charge in [-0.3, -0.25) is 9.59 Å². The molecule has 0 aliphatic carbocycles. The van der Waals surface area contributed by atoms with Gasteiger partial charge in [-0.05, 0) is 12.8 Å². The molecular formula is C8H10O5. The van der Waals surface area contributed by atoms with Crippen LogP contribution in [-0.2, 0) is 14.3 Å². The van der Waals surface area contributed by atoms with Crippen LogP contribution in [0.5, 0.6) is 0 Å². The Morgan fingerprint density at radius 2 is 1.38 bits per heavy atom. The summed E-state index contributed by atoms with van der Waals surface area (Å²) in [4.78, 5) is 21.5. The first-order valence-corrected chi connectivity index (χ1v) is 4.22. The normalized spacial score (nSPS) is 42.2. The van der Waals surface area contributed by atoms with E-state index in [2.05, 4.69) is 0 Å². The molecule has 5 nitrogen and oxygen atoms in total. The van der Waals surface area contributed by atoms with Gasteiger partial charge in [0.2, 0.25) is 0 Å². The third kappa shape index (κ3) is 1.11. The molecule has 2 fully saturated rings. The van der Waals surface area contributed by atoms with Crippen molar-refractivity contribution >= 4 is 11.9 Å². The Bertz CT molecular complexity index is 235. The fraction of sp³-hybridized carbons (Fsp3) is 0.750. The first-order valence-electron chi connectivity index (χ1n) is 4.22. The van der Waals surface area contributed by atoms with Crippen molar-refractivity contribution in [3.05, 3.63) is 0 Å². The molecule has 0 aromatic rings. The van der Waals surface area contributed by atoms with Gasteiger partial charge in [-0.15, -0.1) is 0 Å². The summed E-state index contributed by atoms with van der Waals surface area (Å²) in [6, 6.07) is 0. The maximum atomic E-state index is 10.8. The van der Waals surface area contributed by atoms with Gasteiger partial charge in [0.05, 0.1) is 24.0 Å². The molecule has 2 rings (SSSR count). The molecular weight excluding hydrogens is 176 g/mol. The molecule has 72 valence electrons. The summed E-state index contributed by atoms with van der Waals surface area (Å²) in [5.74, 6) is -3.81. The second kappa shape index (κ2) is 2.70. The quantitative estimate of drug-likeness (QED) is 0.631. The third-order valence-electron chi connectivity index (χ3n) is 2.84. The summed E-state index contributed by atoms with van der Waals surface area (Å²) < 4.78 is 5.26. The van der Waals surface area contributed by atoms with Crippen LogP contribution in [0.3, 0.4) is 0 Å². The Morgan fingerprint density at radius 1 is 1.00 bits per heavy atom. The van der Waals surface area contributed by atoms with E-state index >= 15 is 0 Å². The topological polar surface area (TPSA) is 83.8 Å². The number of ether oxygens (including phenoxy) is 1. The van der Waals surface area contributed by atoms with Crippen molar-refractivity contribution < 1.29 is 24.5 Å². The highest BCUT2D eigenvalue weighted by Gasteiger charge is 2.55. The minimum Gasteiger partial charge on any atom is -0.481 e. The Morgan fingerprint density at radius 3 is 1.69 bits per heavy atom. The number of fused-ring (bicyclic) bond motifs is 2. The average Bonchev–Trinajstić information content (AvgIpc) is 2.60. The molecule has 2 saturated heterocycles. The van der Waals surface area contributed by atoms with Gasteiger partial charge in [0.1, 0.15) is 0 Å². The van der Waals surface area contributed by atoms with E-state index in [0.717, 1.165) is 0 Å². The molecule has 0 unspecified atom stereocenters. The van der Waals surface area contributed by atoms with E-state index in [0.29, 0.717) is 12.8 Å². The number of aliphatic carboxylic acids is 2. The SMILES string of the molecule is O=C(O)[C@H]1[C@H](C(=O)O)[C@H]2CC[C@H]1O2. The lowest BCUT2D eigenvalue weighted by Gasteiger charge is -2.20. The van der Waals surface area contributed by atoms with E-state index in [9.17, 15) is 9.59 Å². The van der Waals surface area contributed by atoms with Crippen LogP contribution in [0, 0.1) is 11.8 Å². The fourth-order valence-corrected chi connectivity index (χ4v) is 2.31. The van der Waals surface area contributed by atoms with Crippen molar-refractivity contribution in [1.82, 2.24) is 0 Å². The second-order valence-corrected chi connectivity index (χ2v) is 3.52. The van der Waals surface area contributed by atoms with E-state index in [1.807, 2.05) is 0 Å². The predicted octanol–water partition coefficient (Wildman–Crippen LogP) is -0.0508. The molecule has 0 spiro atoms. The molecule has 0 aromatic heterocycles. The van der Waals surface area contributed by atoms with Crippen molar-refractivity contribution in [1.29, 1.82) is 0 Å². The molecule has 2 N–H and O–H groups in total. The largest absolute Gasteiger partial charge is 0.481 e. The zero-order valence-electron chi connectivity index (χ0n) is 6.84. The molecule has 5 heteroatoms. The number of carboxylic acids is 2. The van der Waals surface area contributed by atoms with E-state index < -0.39 is 23.8 Å². The molecule has 2 heterocycles. The molecule has 2 aliphatic rings. The van der Waals surface area contributed by atoms with Crippen LogP contribution < -0.4 is 0 Å². The van der Waals surface area contributed by atoms with Gasteiger partial charge < -0.3 is 14.9 Å². The van der Waals surface area contributed by atoms with Crippen molar-refractivity contribution in [3.63, 3.8) is 0 Å². The van der Waals surface area contributed by atoms with E-state index in [1.165, 1.54) is 0 Å². The van der Waals surface area contributed by atoms with Crippen molar-refractivity contribution in [2.45, 2.75) is 25.0 Å². The number of carbonyl (C=O) groups is 2. The minimum absolute atomic E-state index is 0.386. The second-order valence-electron chi connectivity index (χ2n) is 3.52. The van der Waals surface area contributed by atoms with Gasteiger partial charge in [-0.1, -0.05) is 0 Å². The Labute approximate surface area is 74.3 Å². The summed E-state index contributed by atoms with van der Waals surface area (Å²) in [5.41, 5.74) is 0. The van der Waals surface area contributed by atoms with Gasteiger partial charge in [0.15, 0.2) is 0 Å². The third-order valence-corrected chi connectivity index (χ3v) is 2.84. The van der Waals surface area contributed by atoms with Gasteiger partial charge in [0, 0.05) is 0 Å². The minimum atomic E-state index is -1.06. The summed E-state index contributed by atoms with van der Waals surface area (Å²) in [7, 11) is 0. The van der Waals surface area contributed by atoms with Crippen molar-refractivity contribution in [3.8, 4) is 0 Å². The Balaban J connectivity index is 2.24. The molecule has 13 heavy (non-hydrogen) atoms. The summed E-state index contributed by atoms with van der Waals surface area (Å²) >= 11 is 0. The van der Waals surface area contributed by atoms with Crippen LogP contribution in [-0.4, -0.2) is 34.4 Å². The first-order chi connectivity index (χ1) is 6.11. The summed E-state index contributed by atoms with van der Waals surface area (Å²) in [6.45, 7) is 0. The zero-order valence-corrected chi connectivity index (χ0v) is 6.84. The summed E-state index contributed by atoms with van der Waals surface area (Å²) in [5, 5.41) is 17.6.